The van der Waals surface area contributed by atoms with Crippen molar-refractivity contribution in [2.24, 2.45) is 5.73 Å². The lowest BCUT2D eigenvalue weighted by Crippen LogP contribution is -2.55. The van der Waals surface area contributed by atoms with Crippen molar-refractivity contribution in [3.63, 3.8) is 0 Å². The fourth-order valence-corrected chi connectivity index (χ4v) is 2.83. The first kappa shape index (κ1) is 12.0. The molecule has 0 aromatic rings. The number of nitrogens with two attached hydrogens (primary N) is 1. The Morgan fingerprint density at radius 3 is 2.29 bits per heavy atom. The molecule has 0 spiro atoms. The first-order valence-electron chi connectivity index (χ1n) is 6.06. The summed E-state index contributed by atoms with van der Waals surface area (Å²) < 4.78 is 0. The minimum absolute atomic E-state index is 0.315. The fourth-order valence-electron chi connectivity index (χ4n) is 2.83. The van der Waals surface area contributed by atoms with Gasteiger partial charge in [-0.2, -0.15) is 0 Å². The van der Waals surface area contributed by atoms with Crippen LogP contribution in [-0.2, 0) is 0 Å². The standard InChI is InChI=1S/C12H26N2/c1-4-5-8-11(13)12(14(2)3)9-6-7-10-12/h11H,4-10,13H2,1-3H3. The summed E-state index contributed by atoms with van der Waals surface area (Å²) in [5.41, 5.74) is 6.67. The van der Waals surface area contributed by atoms with Gasteiger partial charge in [0.1, 0.15) is 0 Å². The van der Waals surface area contributed by atoms with Crippen LogP contribution in [0.3, 0.4) is 0 Å². The quantitative estimate of drug-likeness (QED) is 0.735. The second kappa shape index (κ2) is 5.13. The van der Waals surface area contributed by atoms with Crippen LogP contribution in [0, 0.1) is 0 Å². The van der Waals surface area contributed by atoms with Crippen LogP contribution in [0.25, 0.3) is 0 Å². The highest BCUT2D eigenvalue weighted by molar-refractivity contribution is 5.00. The predicted octanol–water partition coefficient (Wildman–Crippen LogP) is 2.38. The second-order valence-electron chi connectivity index (χ2n) is 4.95. The molecular formula is C12H26N2. The molecule has 14 heavy (non-hydrogen) atoms. The van der Waals surface area contributed by atoms with Crippen LogP contribution in [0.5, 0.6) is 0 Å². The van der Waals surface area contributed by atoms with Crippen molar-refractivity contribution in [1.82, 2.24) is 4.90 Å². The molecule has 1 fully saturated rings. The van der Waals surface area contributed by atoms with Gasteiger partial charge in [-0.1, -0.05) is 32.6 Å². The summed E-state index contributed by atoms with van der Waals surface area (Å²) in [4.78, 5) is 2.38. The first-order chi connectivity index (χ1) is 6.63. The van der Waals surface area contributed by atoms with Gasteiger partial charge in [0.05, 0.1) is 0 Å². The summed E-state index contributed by atoms with van der Waals surface area (Å²) in [5, 5.41) is 0. The molecule has 0 aliphatic heterocycles. The van der Waals surface area contributed by atoms with Crippen molar-refractivity contribution in [3.05, 3.63) is 0 Å². The van der Waals surface area contributed by atoms with Gasteiger partial charge >= 0.3 is 0 Å². The predicted molar refractivity (Wildman–Crippen MR) is 62.4 cm³/mol. The van der Waals surface area contributed by atoms with Crippen molar-refractivity contribution < 1.29 is 0 Å². The second-order valence-corrected chi connectivity index (χ2v) is 4.95. The molecule has 0 radical (unpaired) electrons. The lowest BCUT2D eigenvalue weighted by atomic mass is 9.84. The highest BCUT2D eigenvalue weighted by Crippen LogP contribution is 2.37. The van der Waals surface area contributed by atoms with Crippen LogP contribution < -0.4 is 5.73 Å². The molecule has 0 aromatic heterocycles. The van der Waals surface area contributed by atoms with Crippen molar-refractivity contribution in [1.29, 1.82) is 0 Å². The molecular weight excluding hydrogens is 172 g/mol. The van der Waals surface area contributed by atoms with Crippen LogP contribution in [0.15, 0.2) is 0 Å². The largest absolute Gasteiger partial charge is 0.326 e. The van der Waals surface area contributed by atoms with Crippen LogP contribution in [0.2, 0.25) is 0 Å². The van der Waals surface area contributed by atoms with Gasteiger partial charge in [-0.15, -0.1) is 0 Å². The fraction of sp³-hybridized carbons (Fsp3) is 1.00. The molecule has 2 heteroatoms. The monoisotopic (exact) mass is 198 g/mol. The van der Waals surface area contributed by atoms with Crippen LogP contribution >= 0.6 is 0 Å². The van der Waals surface area contributed by atoms with Crippen LogP contribution in [-0.4, -0.2) is 30.6 Å². The molecule has 2 N–H and O–H groups in total. The Labute approximate surface area is 88.8 Å². The number of hydrogen-bond acceptors (Lipinski definition) is 2. The van der Waals surface area contributed by atoms with Gasteiger partial charge in [0.15, 0.2) is 0 Å². The van der Waals surface area contributed by atoms with Crippen molar-refractivity contribution in [2.45, 2.75) is 63.5 Å². The molecule has 1 aliphatic carbocycles. The molecule has 0 aromatic carbocycles. The molecule has 1 aliphatic rings. The highest BCUT2D eigenvalue weighted by Gasteiger charge is 2.40. The maximum absolute atomic E-state index is 6.36. The summed E-state index contributed by atoms with van der Waals surface area (Å²) in [6, 6.07) is 0.375. The van der Waals surface area contributed by atoms with Gasteiger partial charge in [-0.05, 0) is 33.4 Å². The van der Waals surface area contributed by atoms with Gasteiger partial charge in [-0.25, -0.2) is 0 Å². The van der Waals surface area contributed by atoms with Gasteiger partial charge in [0.2, 0.25) is 0 Å². The van der Waals surface area contributed by atoms with E-state index in [1.54, 1.807) is 0 Å². The number of likely N-dealkylation sites (N-methyl/N-ethyl adjacent to an activating group) is 1. The zero-order valence-corrected chi connectivity index (χ0v) is 10.1. The van der Waals surface area contributed by atoms with E-state index in [9.17, 15) is 0 Å². The summed E-state index contributed by atoms with van der Waals surface area (Å²) >= 11 is 0. The van der Waals surface area contributed by atoms with E-state index in [4.69, 9.17) is 5.73 Å². The molecule has 0 heterocycles. The molecule has 0 bridgehead atoms. The van der Waals surface area contributed by atoms with Gasteiger partial charge in [-0.3, -0.25) is 0 Å². The lowest BCUT2D eigenvalue weighted by molar-refractivity contribution is 0.118. The Hall–Kier alpha value is -0.0800. The van der Waals surface area contributed by atoms with E-state index in [2.05, 4.69) is 25.9 Å². The number of nitrogens with zero attached hydrogens (tertiary/aromatic N) is 1. The molecule has 1 saturated carbocycles. The summed E-state index contributed by atoms with van der Waals surface area (Å²) in [6.45, 7) is 2.24. The Balaban J connectivity index is 2.57. The van der Waals surface area contributed by atoms with Crippen LogP contribution in [0.1, 0.15) is 51.9 Å². The third kappa shape index (κ3) is 2.29. The van der Waals surface area contributed by atoms with Gasteiger partial charge in [0, 0.05) is 11.6 Å². The maximum Gasteiger partial charge on any atom is 0.0354 e. The third-order valence-electron chi connectivity index (χ3n) is 3.92. The number of unbranched alkanes of at least 4 members (excludes halogenated alkanes) is 1. The van der Waals surface area contributed by atoms with E-state index >= 15 is 0 Å². The summed E-state index contributed by atoms with van der Waals surface area (Å²) in [6.07, 6.45) is 9.04. The van der Waals surface area contributed by atoms with Crippen molar-refractivity contribution >= 4 is 0 Å². The van der Waals surface area contributed by atoms with E-state index in [0.717, 1.165) is 0 Å². The lowest BCUT2D eigenvalue weighted by Gasteiger charge is -2.41. The molecule has 1 rings (SSSR count). The molecule has 84 valence electrons. The topological polar surface area (TPSA) is 29.3 Å². The molecule has 2 nitrogen and oxygen atoms in total. The summed E-state index contributed by atoms with van der Waals surface area (Å²) in [7, 11) is 4.38. The normalized spacial score (nSPS) is 22.9. The zero-order valence-electron chi connectivity index (χ0n) is 10.1. The molecule has 1 unspecified atom stereocenters. The average molecular weight is 198 g/mol. The Kier molecular flexibility index (Phi) is 4.39. The SMILES string of the molecule is CCCCC(N)C1(N(C)C)CCCC1. The Bertz CT molecular complexity index is 160. The smallest absolute Gasteiger partial charge is 0.0354 e. The van der Waals surface area contributed by atoms with E-state index in [-0.39, 0.29) is 0 Å². The Morgan fingerprint density at radius 1 is 1.29 bits per heavy atom. The van der Waals surface area contributed by atoms with E-state index in [1.807, 2.05) is 0 Å². The first-order valence-corrected chi connectivity index (χ1v) is 6.06. The molecule has 0 amide bonds. The third-order valence-corrected chi connectivity index (χ3v) is 3.92. The van der Waals surface area contributed by atoms with Crippen LogP contribution in [0.4, 0.5) is 0 Å². The number of rotatable bonds is 5. The molecule has 1 atom stereocenters. The van der Waals surface area contributed by atoms with E-state index in [1.165, 1.54) is 44.9 Å². The average Bonchev–Trinajstić information content (AvgIpc) is 2.63. The van der Waals surface area contributed by atoms with Gasteiger partial charge in [0.25, 0.3) is 0 Å². The minimum atomic E-state index is 0.315. The number of hydrogen-bond donors (Lipinski definition) is 1. The maximum atomic E-state index is 6.36. The van der Waals surface area contributed by atoms with Gasteiger partial charge < -0.3 is 10.6 Å². The van der Waals surface area contributed by atoms with E-state index in [0.29, 0.717) is 11.6 Å². The van der Waals surface area contributed by atoms with E-state index < -0.39 is 0 Å². The zero-order chi connectivity index (χ0) is 10.6. The molecule has 0 saturated heterocycles. The van der Waals surface area contributed by atoms with Crippen molar-refractivity contribution in [2.75, 3.05) is 14.1 Å². The van der Waals surface area contributed by atoms with Crippen molar-refractivity contribution in [3.8, 4) is 0 Å². The minimum Gasteiger partial charge on any atom is -0.326 e. The highest BCUT2D eigenvalue weighted by atomic mass is 15.2. The Morgan fingerprint density at radius 2 is 1.86 bits per heavy atom. The summed E-state index contributed by atoms with van der Waals surface area (Å²) in [5.74, 6) is 0.